The summed E-state index contributed by atoms with van der Waals surface area (Å²) in [5.74, 6) is -0.123. The molecule has 5 nitrogen and oxygen atoms in total. The van der Waals surface area contributed by atoms with E-state index >= 15 is 0 Å². The van der Waals surface area contributed by atoms with Gasteiger partial charge in [-0.15, -0.1) is 0 Å². The van der Waals surface area contributed by atoms with Crippen LogP contribution in [-0.4, -0.2) is 31.7 Å². The van der Waals surface area contributed by atoms with Crippen LogP contribution in [0.25, 0.3) is 0 Å². The molecule has 1 aliphatic carbocycles. The Bertz CT molecular complexity index is 1040. The van der Waals surface area contributed by atoms with Gasteiger partial charge in [0.05, 0.1) is 10.9 Å². The number of piperidine rings is 1. The second-order valence-corrected chi connectivity index (χ2v) is 10.9. The Kier molecular flexibility index (Phi) is 6.49. The minimum atomic E-state index is -3.50. The molecule has 2 aliphatic rings. The number of fused-ring (bicyclic) bond motifs is 1. The lowest BCUT2D eigenvalue weighted by Gasteiger charge is -2.31. The van der Waals surface area contributed by atoms with E-state index in [1.165, 1.54) is 28.3 Å². The van der Waals surface area contributed by atoms with Crippen LogP contribution in [0.15, 0.2) is 47.4 Å². The maximum absolute atomic E-state index is 12.9. The first-order valence-corrected chi connectivity index (χ1v) is 12.8. The fraction of sp³-hybridized carbons (Fsp3) is 0.480. The molecule has 1 amide bonds. The fourth-order valence-electron chi connectivity index (χ4n) is 4.65. The number of hydrogen-bond acceptors (Lipinski definition) is 3. The Morgan fingerprint density at radius 3 is 2.32 bits per heavy atom. The van der Waals surface area contributed by atoms with E-state index in [2.05, 4.69) is 23.5 Å². The van der Waals surface area contributed by atoms with Crippen LogP contribution in [-0.2, 0) is 27.7 Å². The molecular formula is C25H32N2O3S. The summed E-state index contributed by atoms with van der Waals surface area (Å²) < 4.78 is 27.3. The number of carbonyl (C=O) groups is 1. The Hall–Kier alpha value is -2.18. The smallest absolute Gasteiger partial charge is 0.243 e. The molecule has 1 atom stereocenters. The molecular weight excluding hydrogens is 408 g/mol. The van der Waals surface area contributed by atoms with Crippen LogP contribution in [0, 0.1) is 12.8 Å². The highest BCUT2D eigenvalue weighted by molar-refractivity contribution is 7.89. The quantitative estimate of drug-likeness (QED) is 0.759. The first-order chi connectivity index (χ1) is 14.8. The molecule has 0 spiro atoms. The van der Waals surface area contributed by atoms with Gasteiger partial charge in [0.25, 0.3) is 0 Å². The monoisotopic (exact) mass is 440 g/mol. The highest BCUT2D eigenvalue weighted by atomic mass is 32.2. The van der Waals surface area contributed by atoms with Gasteiger partial charge in [0.2, 0.25) is 15.9 Å². The summed E-state index contributed by atoms with van der Waals surface area (Å²) in [7, 11) is -3.50. The summed E-state index contributed by atoms with van der Waals surface area (Å²) >= 11 is 0. The number of nitrogens with one attached hydrogen (secondary N) is 1. The van der Waals surface area contributed by atoms with Crippen molar-refractivity contribution in [2.45, 2.75) is 63.3 Å². The van der Waals surface area contributed by atoms with Crippen molar-refractivity contribution < 1.29 is 13.2 Å². The summed E-state index contributed by atoms with van der Waals surface area (Å²) in [5, 5.41) is 3.16. The van der Waals surface area contributed by atoms with Gasteiger partial charge in [-0.05, 0) is 81.2 Å². The molecule has 0 bridgehead atoms. The second kappa shape index (κ2) is 9.13. The summed E-state index contributed by atoms with van der Waals surface area (Å²) in [4.78, 5) is 13.2. The van der Waals surface area contributed by atoms with Crippen molar-refractivity contribution in [2.75, 3.05) is 13.1 Å². The van der Waals surface area contributed by atoms with Crippen molar-refractivity contribution >= 4 is 15.9 Å². The van der Waals surface area contributed by atoms with E-state index in [0.717, 1.165) is 24.0 Å². The van der Waals surface area contributed by atoms with E-state index in [4.69, 9.17) is 0 Å². The summed E-state index contributed by atoms with van der Waals surface area (Å²) in [5.41, 5.74) is 5.03. The number of hydrogen-bond donors (Lipinski definition) is 1. The van der Waals surface area contributed by atoms with Crippen LogP contribution in [0.3, 0.4) is 0 Å². The zero-order valence-corrected chi connectivity index (χ0v) is 19.2. The topological polar surface area (TPSA) is 66.5 Å². The molecule has 1 N–H and O–H groups in total. The van der Waals surface area contributed by atoms with E-state index in [-0.39, 0.29) is 17.9 Å². The minimum Gasteiger partial charge on any atom is -0.349 e. The average molecular weight is 441 g/mol. The standard InChI is InChI=1S/C25H32N2O3S/c1-18-7-11-24(12-8-18)31(29,30)27-15-13-21(14-16-27)25(28)26-19(2)22-10-9-20-5-3-4-6-23(20)17-22/h7-12,17,19,21H,3-6,13-16H2,1-2H3,(H,26,28)/t19-/m0/s1. The van der Waals surface area contributed by atoms with Crippen LogP contribution in [0.2, 0.25) is 0 Å². The molecule has 0 unspecified atom stereocenters. The molecule has 2 aromatic carbocycles. The molecule has 0 aromatic heterocycles. The van der Waals surface area contributed by atoms with Gasteiger partial charge in [0.1, 0.15) is 0 Å². The van der Waals surface area contributed by atoms with Gasteiger partial charge < -0.3 is 5.32 Å². The van der Waals surface area contributed by atoms with Crippen molar-refractivity contribution in [2.24, 2.45) is 5.92 Å². The zero-order valence-electron chi connectivity index (χ0n) is 18.4. The summed E-state index contributed by atoms with van der Waals surface area (Å²) in [6.45, 7) is 4.72. The highest BCUT2D eigenvalue weighted by Gasteiger charge is 2.32. The third-order valence-corrected chi connectivity index (χ3v) is 8.63. The molecule has 6 heteroatoms. The van der Waals surface area contributed by atoms with Gasteiger partial charge in [-0.25, -0.2) is 8.42 Å². The van der Waals surface area contributed by atoms with Crippen LogP contribution >= 0.6 is 0 Å². The number of amides is 1. The third kappa shape index (κ3) is 4.85. The maximum atomic E-state index is 12.9. The summed E-state index contributed by atoms with van der Waals surface area (Å²) in [6.07, 6.45) is 5.87. The number of rotatable bonds is 5. The molecule has 1 saturated heterocycles. The molecule has 4 rings (SSSR count). The van der Waals surface area contributed by atoms with E-state index in [9.17, 15) is 13.2 Å². The molecule has 1 aliphatic heterocycles. The first-order valence-electron chi connectivity index (χ1n) is 11.3. The normalized spacial score (nSPS) is 18.9. The van der Waals surface area contributed by atoms with E-state index < -0.39 is 10.0 Å². The summed E-state index contributed by atoms with van der Waals surface area (Å²) in [6, 6.07) is 13.5. The Labute approximate surface area is 185 Å². The first kappa shape index (κ1) is 22.0. The third-order valence-electron chi connectivity index (χ3n) is 6.71. The van der Waals surface area contributed by atoms with Gasteiger partial charge in [-0.1, -0.05) is 35.9 Å². The lowest BCUT2D eigenvalue weighted by Crippen LogP contribution is -2.43. The van der Waals surface area contributed by atoms with Crippen molar-refractivity contribution in [1.29, 1.82) is 0 Å². The average Bonchev–Trinajstić information content (AvgIpc) is 2.79. The Balaban J connectivity index is 1.34. The van der Waals surface area contributed by atoms with Crippen molar-refractivity contribution in [1.82, 2.24) is 9.62 Å². The molecule has 1 heterocycles. The molecule has 31 heavy (non-hydrogen) atoms. The predicted octanol–water partition coefficient (Wildman–Crippen LogP) is 4.15. The Morgan fingerprint density at radius 2 is 1.65 bits per heavy atom. The number of benzene rings is 2. The SMILES string of the molecule is Cc1ccc(S(=O)(=O)N2CCC(C(=O)N[C@@H](C)c3ccc4c(c3)CCCC4)CC2)cc1. The van der Waals surface area contributed by atoms with Crippen molar-refractivity contribution in [3.63, 3.8) is 0 Å². The van der Waals surface area contributed by atoms with Crippen LogP contribution in [0.4, 0.5) is 0 Å². The number of carbonyl (C=O) groups excluding carboxylic acids is 1. The molecule has 0 saturated carbocycles. The fourth-order valence-corrected chi connectivity index (χ4v) is 6.12. The molecule has 1 fully saturated rings. The number of nitrogens with zero attached hydrogens (tertiary/aromatic N) is 1. The molecule has 0 radical (unpaired) electrons. The van der Waals surface area contributed by atoms with Crippen molar-refractivity contribution in [3.8, 4) is 0 Å². The number of sulfonamides is 1. The van der Waals surface area contributed by atoms with E-state index in [1.807, 2.05) is 26.0 Å². The largest absolute Gasteiger partial charge is 0.349 e. The van der Waals surface area contributed by atoms with E-state index in [0.29, 0.717) is 30.8 Å². The van der Waals surface area contributed by atoms with Crippen LogP contribution in [0.5, 0.6) is 0 Å². The molecule has 166 valence electrons. The lowest BCUT2D eigenvalue weighted by molar-refractivity contribution is -0.126. The van der Waals surface area contributed by atoms with Gasteiger partial charge >= 0.3 is 0 Å². The minimum absolute atomic E-state index is 0.0256. The van der Waals surface area contributed by atoms with E-state index in [1.54, 1.807) is 12.1 Å². The highest BCUT2D eigenvalue weighted by Crippen LogP contribution is 2.27. The maximum Gasteiger partial charge on any atom is 0.243 e. The zero-order chi connectivity index (χ0) is 22.0. The molecule has 2 aromatic rings. The van der Waals surface area contributed by atoms with Gasteiger partial charge in [0, 0.05) is 19.0 Å². The van der Waals surface area contributed by atoms with Crippen LogP contribution in [0.1, 0.15) is 60.9 Å². The number of aryl methyl sites for hydroxylation is 3. The Morgan fingerprint density at radius 1 is 1.00 bits per heavy atom. The predicted molar refractivity (Wildman–Crippen MR) is 122 cm³/mol. The van der Waals surface area contributed by atoms with Gasteiger partial charge in [0.15, 0.2) is 0 Å². The van der Waals surface area contributed by atoms with Gasteiger partial charge in [-0.3, -0.25) is 4.79 Å². The lowest BCUT2D eigenvalue weighted by atomic mass is 9.89. The second-order valence-electron chi connectivity index (χ2n) is 8.96. The van der Waals surface area contributed by atoms with Crippen LogP contribution < -0.4 is 5.32 Å². The van der Waals surface area contributed by atoms with Crippen molar-refractivity contribution in [3.05, 3.63) is 64.7 Å². The van der Waals surface area contributed by atoms with Gasteiger partial charge in [-0.2, -0.15) is 4.31 Å².